The molecule has 0 fully saturated rings. The number of hydrogen-bond donors (Lipinski definition) is 0. The molecule has 1 aromatic carbocycles. The van der Waals surface area contributed by atoms with E-state index in [2.05, 4.69) is 9.97 Å². The summed E-state index contributed by atoms with van der Waals surface area (Å²) < 4.78 is 27.2. The summed E-state index contributed by atoms with van der Waals surface area (Å²) in [4.78, 5) is 22.2. The molecule has 0 unspecified atom stereocenters. The van der Waals surface area contributed by atoms with Gasteiger partial charge in [-0.1, -0.05) is 17.7 Å². The Morgan fingerprint density at radius 1 is 1.23 bits per heavy atom. The zero-order valence-corrected chi connectivity index (χ0v) is 17.5. The Balaban J connectivity index is 1.47. The molecule has 0 bridgehead atoms. The van der Waals surface area contributed by atoms with Gasteiger partial charge in [-0.2, -0.15) is 4.98 Å². The lowest BCUT2D eigenvalue weighted by Crippen LogP contribution is -2.38. The molecule has 30 heavy (non-hydrogen) atoms. The van der Waals surface area contributed by atoms with Gasteiger partial charge in [0.15, 0.2) is 11.6 Å². The Labute approximate surface area is 177 Å². The normalized spacial score (nSPS) is 14.5. The van der Waals surface area contributed by atoms with Crippen molar-refractivity contribution in [3.63, 3.8) is 0 Å². The largest absolute Gasteiger partial charge is 0.473 e. The fraction of sp³-hybridized carbons (Fsp3) is 0.286. The lowest BCUT2D eigenvalue weighted by atomic mass is 10.1. The molecule has 0 saturated carbocycles. The summed E-state index contributed by atoms with van der Waals surface area (Å²) in [5, 5.41) is 0.324. The van der Waals surface area contributed by atoms with Crippen molar-refractivity contribution < 1.29 is 13.9 Å². The molecule has 0 aliphatic carbocycles. The van der Waals surface area contributed by atoms with Crippen molar-refractivity contribution in [1.29, 1.82) is 0 Å². The van der Waals surface area contributed by atoms with Crippen LogP contribution in [-0.2, 0) is 13.2 Å². The van der Waals surface area contributed by atoms with E-state index >= 15 is 0 Å². The third-order valence-electron chi connectivity index (χ3n) is 5.07. The van der Waals surface area contributed by atoms with Crippen LogP contribution in [0.2, 0.25) is 5.15 Å². The van der Waals surface area contributed by atoms with Gasteiger partial charge in [0.2, 0.25) is 5.88 Å². The summed E-state index contributed by atoms with van der Waals surface area (Å²) in [7, 11) is 1.92. The van der Waals surface area contributed by atoms with Gasteiger partial charge in [-0.3, -0.25) is 4.57 Å². The summed E-state index contributed by atoms with van der Waals surface area (Å²) in [6.07, 6.45) is 1.41. The molecule has 1 aliphatic rings. The van der Waals surface area contributed by atoms with Crippen molar-refractivity contribution in [2.45, 2.75) is 32.5 Å². The number of fused-ring (bicyclic) bond motifs is 1. The van der Waals surface area contributed by atoms with Crippen LogP contribution in [0.1, 0.15) is 19.4 Å². The van der Waals surface area contributed by atoms with E-state index in [0.29, 0.717) is 23.0 Å². The summed E-state index contributed by atoms with van der Waals surface area (Å²) in [6.45, 7) is 4.71. The molecule has 0 radical (unpaired) electrons. The van der Waals surface area contributed by atoms with Gasteiger partial charge < -0.3 is 14.4 Å². The first-order valence-corrected chi connectivity index (χ1v) is 9.67. The molecule has 0 spiro atoms. The van der Waals surface area contributed by atoms with Gasteiger partial charge in [-0.25, -0.2) is 14.2 Å². The third kappa shape index (κ3) is 3.95. The molecule has 1 aliphatic heterocycles. The number of likely N-dealkylation sites (N-methyl/N-ethyl adjacent to an activating group) is 1. The molecule has 0 N–H and O–H groups in total. The summed E-state index contributed by atoms with van der Waals surface area (Å²) >= 11 is 5.73. The van der Waals surface area contributed by atoms with Gasteiger partial charge in [0.1, 0.15) is 23.3 Å². The standard InChI is InChI=1S/C21H20ClFN4O3/c1-21(2)12-27-19(26(21)3)9-18(25-20(27)28)29-11-13-4-6-16(15(23)8-13)30-14-5-7-17(22)24-10-14/h4-10H,11-12H2,1-3H3. The Morgan fingerprint density at radius 2 is 2.03 bits per heavy atom. The Morgan fingerprint density at radius 3 is 2.73 bits per heavy atom. The van der Waals surface area contributed by atoms with Gasteiger partial charge in [0.05, 0.1) is 18.3 Å². The Kier molecular flexibility index (Phi) is 5.11. The highest BCUT2D eigenvalue weighted by Gasteiger charge is 2.34. The van der Waals surface area contributed by atoms with Crippen LogP contribution in [-0.4, -0.2) is 27.1 Å². The van der Waals surface area contributed by atoms with E-state index in [-0.39, 0.29) is 29.5 Å². The number of pyridine rings is 1. The van der Waals surface area contributed by atoms with Gasteiger partial charge in [-0.05, 0) is 43.7 Å². The molecular formula is C21H20ClFN4O3. The maximum absolute atomic E-state index is 14.4. The van der Waals surface area contributed by atoms with Crippen LogP contribution in [0.25, 0.3) is 0 Å². The number of halogens is 2. The Hall–Kier alpha value is -3.13. The first-order chi connectivity index (χ1) is 14.2. The van der Waals surface area contributed by atoms with E-state index in [1.807, 2.05) is 25.8 Å². The number of benzene rings is 1. The number of hydrogen-bond acceptors (Lipinski definition) is 6. The molecule has 2 aromatic heterocycles. The predicted molar refractivity (Wildman–Crippen MR) is 111 cm³/mol. The highest BCUT2D eigenvalue weighted by atomic mass is 35.5. The second-order valence-corrected chi connectivity index (χ2v) is 8.05. The second-order valence-electron chi connectivity index (χ2n) is 7.66. The second kappa shape index (κ2) is 7.60. The molecule has 3 aromatic rings. The maximum atomic E-state index is 14.4. The average molecular weight is 431 g/mol. The maximum Gasteiger partial charge on any atom is 0.352 e. The van der Waals surface area contributed by atoms with Crippen molar-refractivity contribution in [2.75, 3.05) is 11.9 Å². The van der Waals surface area contributed by atoms with Gasteiger partial charge in [-0.15, -0.1) is 0 Å². The quantitative estimate of drug-likeness (QED) is 0.569. The first-order valence-electron chi connectivity index (χ1n) is 9.29. The van der Waals surface area contributed by atoms with Crippen LogP contribution in [0.4, 0.5) is 10.2 Å². The van der Waals surface area contributed by atoms with Gasteiger partial charge in [0.25, 0.3) is 0 Å². The van der Waals surface area contributed by atoms with Crippen molar-refractivity contribution >= 4 is 17.4 Å². The van der Waals surface area contributed by atoms with E-state index in [9.17, 15) is 9.18 Å². The number of rotatable bonds is 5. The number of anilines is 1. The van der Waals surface area contributed by atoms with Crippen LogP contribution in [0.5, 0.6) is 17.4 Å². The Bertz CT molecular complexity index is 1150. The zero-order chi connectivity index (χ0) is 21.5. The average Bonchev–Trinajstić information content (AvgIpc) is 2.94. The zero-order valence-electron chi connectivity index (χ0n) is 16.7. The molecule has 7 nitrogen and oxygen atoms in total. The van der Waals surface area contributed by atoms with E-state index < -0.39 is 5.82 Å². The molecule has 4 rings (SSSR count). The molecule has 9 heteroatoms. The van der Waals surface area contributed by atoms with Crippen LogP contribution < -0.4 is 20.1 Å². The molecule has 0 atom stereocenters. The monoisotopic (exact) mass is 430 g/mol. The SMILES string of the molecule is CN1c2cc(OCc3ccc(Oc4ccc(Cl)nc4)c(F)c3)nc(=O)n2CC1(C)C. The minimum Gasteiger partial charge on any atom is -0.473 e. The fourth-order valence-electron chi connectivity index (χ4n) is 3.20. The van der Waals surface area contributed by atoms with E-state index in [1.54, 1.807) is 28.8 Å². The van der Waals surface area contributed by atoms with Crippen molar-refractivity contribution in [2.24, 2.45) is 0 Å². The fourth-order valence-corrected chi connectivity index (χ4v) is 3.31. The summed E-state index contributed by atoms with van der Waals surface area (Å²) in [5.41, 5.74) is 0.0157. The third-order valence-corrected chi connectivity index (χ3v) is 5.30. The topological polar surface area (TPSA) is 69.5 Å². The summed E-state index contributed by atoms with van der Waals surface area (Å²) in [5.74, 6) is 0.817. The highest BCUT2D eigenvalue weighted by molar-refractivity contribution is 6.29. The minimum atomic E-state index is -0.547. The molecule has 0 amide bonds. The van der Waals surface area contributed by atoms with E-state index in [4.69, 9.17) is 21.1 Å². The molecule has 0 saturated heterocycles. The number of ether oxygens (including phenoxy) is 2. The number of aromatic nitrogens is 3. The van der Waals surface area contributed by atoms with Crippen molar-refractivity contribution in [3.8, 4) is 17.4 Å². The predicted octanol–water partition coefficient (Wildman–Crippen LogP) is 4.03. The molecule has 3 heterocycles. The van der Waals surface area contributed by atoms with Gasteiger partial charge >= 0.3 is 5.69 Å². The molecule has 156 valence electrons. The lowest BCUT2D eigenvalue weighted by molar-refractivity contribution is 0.290. The number of nitrogens with zero attached hydrogens (tertiary/aromatic N) is 4. The van der Waals surface area contributed by atoms with Crippen molar-refractivity contribution in [1.82, 2.24) is 14.5 Å². The van der Waals surface area contributed by atoms with Crippen molar-refractivity contribution in [3.05, 3.63) is 69.6 Å². The molecular weight excluding hydrogens is 411 g/mol. The van der Waals surface area contributed by atoms with E-state index in [1.165, 1.54) is 18.3 Å². The highest BCUT2D eigenvalue weighted by Crippen LogP contribution is 2.32. The van der Waals surface area contributed by atoms with Crippen LogP contribution >= 0.6 is 11.6 Å². The van der Waals surface area contributed by atoms with E-state index in [0.717, 1.165) is 5.82 Å². The van der Waals surface area contributed by atoms with Crippen LogP contribution in [0, 0.1) is 5.82 Å². The smallest absolute Gasteiger partial charge is 0.352 e. The summed E-state index contributed by atoms with van der Waals surface area (Å²) in [6, 6.07) is 9.37. The van der Waals surface area contributed by atoms with Gasteiger partial charge in [0, 0.05) is 13.1 Å². The van der Waals surface area contributed by atoms with Crippen LogP contribution in [0.15, 0.2) is 47.4 Å². The van der Waals surface area contributed by atoms with Crippen LogP contribution in [0.3, 0.4) is 0 Å². The minimum absolute atomic E-state index is 0.0561. The first kappa shape index (κ1) is 20.2. The lowest BCUT2D eigenvalue weighted by Gasteiger charge is -2.28.